The molecule has 0 fully saturated rings. The summed E-state index contributed by atoms with van der Waals surface area (Å²) in [5.74, 6) is 0.789. The summed E-state index contributed by atoms with van der Waals surface area (Å²) in [5, 5.41) is 5.06. The van der Waals surface area contributed by atoms with Gasteiger partial charge in [-0.05, 0) is 42.8 Å². The number of aryl methyl sites for hydroxylation is 2. The van der Waals surface area contributed by atoms with Crippen molar-refractivity contribution in [2.75, 3.05) is 5.32 Å². The minimum Gasteiger partial charge on any atom is -0.362 e. The highest BCUT2D eigenvalue weighted by molar-refractivity contribution is 9.10. The number of halogens is 2. The van der Waals surface area contributed by atoms with Crippen LogP contribution in [-0.2, 0) is 0 Å². The zero-order valence-corrected chi connectivity index (χ0v) is 13.4. The number of nitrogens with zero attached hydrogens (tertiary/aromatic N) is 2. The van der Waals surface area contributed by atoms with E-state index in [9.17, 15) is 0 Å². The van der Waals surface area contributed by atoms with Gasteiger partial charge in [-0.2, -0.15) is 0 Å². The lowest BCUT2D eigenvalue weighted by Crippen LogP contribution is -2.08. The minimum absolute atomic E-state index is 0.168. The Kier molecular flexibility index (Phi) is 4.25. The maximum atomic E-state index is 5.87. The lowest BCUT2D eigenvalue weighted by atomic mass is 10.2. The average molecular weight is 347 g/mol. The maximum Gasteiger partial charge on any atom is 0.140 e. The molecule has 0 bridgehead atoms. The van der Waals surface area contributed by atoms with Crippen molar-refractivity contribution in [1.29, 1.82) is 0 Å². The summed E-state index contributed by atoms with van der Waals surface area (Å²) in [6.07, 6.45) is 1.63. The zero-order chi connectivity index (χ0) is 13.3. The van der Waals surface area contributed by atoms with Crippen LogP contribution in [0.5, 0.6) is 0 Å². The van der Waals surface area contributed by atoms with Crippen LogP contribution < -0.4 is 5.32 Å². The largest absolute Gasteiger partial charge is 0.362 e. The molecular weight excluding hydrogens is 334 g/mol. The lowest BCUT2D eigenvalue weighted by Gasteiger charge is -2.14. The summed E-state index contributed by atoms with van der Waals surface area (Å²) >= 11 is 11.0. The molecule has 2 aromatic heterocycles. The Balaban J connectivity index is 2.21. The van der Waals surface area contributed by atoms with Gasteiger partial charge in [0.15, 0.2) is 0 Å². The molecule has 3 nitrogen and oxygen atoms in total. The third kappa shape index (κ3) is 3.02. The highest BCUT2D eigenvalue weighted by atomic mass is 79.9. The SMILES string of the molecule is Cc1nc(C)c(C(C)Nc2ncc(Cl)cc2Br)s1. The van der Waals surface area contributed by atoms with Crippen molar-refractivity contribution in [3.05, 3.63) is 37.3 Å². The topological polar surface area (TPSA) is 37.8 Å². The molecule has 0 aliphatic rings. The molecule has 0 saturated heterocycles. The fraction of sp³-hybridized carbons (Fsp3) is 0.333. The third-order valence-electron chi connectivity index (χ3n) is 2.49. The van der Waals surface area contributed by atoms with E-state index in [1.54, 1.807) is 17.5 Å². The van der Waals surface area contributed by atoms with Crippen molar-refractivity contribution >= 4 is 44.7 Å². The molecule has 0 saturated carbocycles. The smallest absolute Gasteiger partial charge is 0.140 e. The molecule has 1 atom stereocenters. The molecule has 0 amide bonds. The number of rotatable bonds is 3. The van der Waals surface area contributed by atoms with Gasteiger partial charge in [0.05, 0.1) is 26.2 Å². The quantitative estimate of drug-likeness (QED) is 0.872. The predicted molar refractivity (Wildman–Crippen MR) is 80.6 cm³/mol. The van der Waals surface area contributed by atoms with Crippen LogP contribution in [0.3, 0.4) is 0 Å². The van der Waals surface area contributed by atoms with Crippen LogP contribution in [-0.4, -0.2) is 9.97 Å². The second kappa shape index (κ2) is 5.55. The number of pyridine rings is 1. The van der Waals surface area contributed by atoms with Gasteiger partial charge in [-0.15, -0.1) is 11.3 Å². The van der Waals surface area contributed by atoms with Crippen molar-refractivity contribution in [3.63, 3.8) is 0 Å². The van der Waals surface area contributed by atoms with Crippen molar-refractivity contribution in [3.8, 4) is 0 Å². The van der Waals surface area contributed by atoms with Crippen LogP contribution in [0, 0.1) is 13.8 Å². The van der Waals surface area contributed by atoms with E-state index < -0.39 is 0 Å². The highest BCUT2D eigenvalue weighted by Crippen LogP contribution is 2.30. The number of nitrogens with one attached hydrogen (secondary N) is 1. The van der Waals surface area contributed by atoms with Gasteiger partial charge < -0.3 is 5.32 Å². The summed E-state index contributed by atoms with van der Waals surface area (Å²) in [6.45, 7) is 6.15. The van der Waals surface area contributed by atoms with E-state index in [-0.39, 0.29) is 6.04 Å². The van der Waals surface area contributed by atoms with Gasteiger partial charge in [-0.1, -0.05) is 11.6 Å². The monoisotopic (exact) mass is 345 g/mol. The zero-order valence-electron chi connectivity index (χ0n) is 10.3. The van der Waals surface area contributed by atoms with Crippen LogP contribution in [0.25, 0.3) is 0 Å². The van der Waals surface area contributed by atoms with Crippen LogP contribution in [0.2, 0.25) is 5.02 Å². The molecule has 0 aliphatic carbocycles. The van der Waals surface area contributed by atoms with Crippen molar-refractivity contribution in [1.82, 2.24) is 9.97 Å². The maximum absolute atomic E-state index is 5.87. The molecule has 2 heterocycles. The van der Waals surface area contributed by atoms with E-state index in [0.717, 1.165) is 21.0 Å². The van der Waals surface area contributed by atoms with E-state index in [2.05, 4.69) is 38.1 Å². The second-order valence-electron chi connectivity index (χ2n) is 4.03. The summed E-state index contributed by atoms with van der Waals surface area (Å²) in [7, 11) is 0. The minimum atomic E-state index is 0.168. The Morgan fingerprint density at radius 1 is 1.44 bits per heavy atom. The van der Waals surface area contributed by atoms with E-state index in [1.807, 2.05) is 19.9 Å². The summed E-state index contributed by atoms with van der Waals surface area (Å²) in [4.78, 5) is 9.94. The van der Waals surface area contributed by atoms with Crippen LogP contribution in [0.4, 0.5) is 5.82 Å². The second-order valence-corrected chi connectivity index (χ2v) is 6.56. The number of aromatic nitrogens is 2. The van der Waals surface area contributed by atoms with Crippen molar-refractivity contribution in [2.24, 2.45) is 0 Å². The molecule has 1 N–H and O–H groups in total. The molecule has 0 spiro atoms. The van der Waals surface area contributed by atoms with Gasteiger partial charge in [-0.25, -0.2) is 9.97 Å². The number of thiazole rings is 1. The van der Waals surface area contributed by atoms with Gasteiger partial charge in [0.1, 0.15) is 5.82 Å². The Morgan fingerprint density at radius 2 is 2.17 bits per heavy atom. The fourth-order valence-corrected chi connectivity index (χ4v) is 3.42. The van der Waals surface area contributed by atoms with Gasteiger partial charge in [0.25, 0.3) is 0 Å². The number of anilines is 1. The summed E-state index contributed by atoms with van der Waals surface area (Å²) in [6, 6.07) is 2.00. The molecule has 0 aliphatic heterocycles. The van der Waals surface area contributed by atoms with E-state index in [1.165, 1.54) is 4.88 Å². The van der Waals surface area contributed by atoms with Gasteiger partial charge in [-0.3, -0.25) is 0 Å². The van der Waals surface area contributed by atoms with Gasteiger partial charge in [0, 0.05) is 11.1 Å². The average Bonchev–Trinajstić information content (AvgIpc) is 2.62. The third-order valence-corrected chi connectivity index (χ3v) is 4.56. The Labute approximate surface area is 124 Å². The van der Waals surface area contributed by atoms with Gasteiger partial charge in [0.2, 0.25) is 0 Å². The van der Waals surface area contributed by atoms with Crippen molar-refractivity contribution in [2.45, 2.75) is 26.8 Å². The molecule has 0 radical (unpaired) electrons. The summed E-state index contributed by atoms with van der Waals surface area (Å²) < 4.78 is 0.862. The highest BCUT2D eigenvalue weighted by Gasteiger charge is 2.14. The van der Waals surface area contributed by atoms with E-state index in [4.69, 9.17) is 11.6 Å². The molecule has 18 heavy (non-hydrogen) atoms. The first-order valence-electron chi connectivity index (χ1n) is 5.49. The summed E-state index contributed by atoms with van der Waals surface area (Å²) in [5.41, 5.74) is 1.07. The van der Waals surface area contributed by atoms with Crippen LogP contribution in [0.1, 0.15) is 28.5 Å². The molecule has 2 rings (SSSR count). The first kappa shape index (κ1) is 13.8. The molecule has 0 aromatic carbocycles. The van der Waals surface area contributed by atoms with E-state index in [0.29, 0.717) is 5.02 Å². The Morgan fingerprint density at radius 3 is 2.72 bits per heavy atom. The number of hydrogen-bond acceptors (Lipinski definition) is 4. The predicted octanol–water partition coefficient (Wildman–Crippen LogP) is 4.74. The van der Waals surface area contributed by atoms with Gasteiger partial charge >= 0.3 is 0 Å². The lowest BCUT2D eigenvalue weighted by molar-refractivity contribution is 0.878. The first-order chi connectivity index (χ1) is 8.47. The number of hydrogen-bond donors (Lipinski definition) is 1. The Hall–Kier alpha value is -0.650. The standard InChI is InChI=1S/C12H13BrClN3S/c1-6-11(18-8(3)16-6)7(2)17-12-10(13)4-9(14)5-15-12/h4-5,7H,1-3H3,(H,15,17). The normalized spacial score (nSPS) is 12.5. The molecule has 1 unspecified atom stereocenters. The molecule has 6 heteroatoms. The van der Waals surface area contributed by atoms with Crippen LogP contribution in [0.15, 0.2) is 16.7 Å². The molecule has 96 valence electrons. The fourth-order valence-electron chi connectivity index (χ4n) is 1.74. The van der Waals surface area contributed by atoms with E-state index >= 15 is 0 Å². The molecule has 2 aromatic rings. The van der Waals surface area contributed by atoms with Crippen LogP contribution >= 0.6 is 38.9 Å². The molecular formula is C12H13BrClN3S. The van der Waals surface area contributed by atoms with Crippen molar-refractivity contribution < 1.29 is 0 Å². The Bertz CT molecular complexity index is 570. The first-order valence-corrected chi connectivity index (χ1v) is 7.47.